The molecule has 5 nitrogen and oxygen atoms in total. The molecule has 0 radical (unpaired) electrons. The quantitative estimate of drug-likeness (QED) is 0.807. The molecule has 1 aliphatic heterocycles. The largest absolute Gasteiger partial charge is 0.472 e. The lowest BCUT2D eigenvalue weighted by Gasteiger charge is -2.22. The summed E-state index contributed by atoms with van der Waals surface area (Å²) in [7, 11) is 0. The summed E-state index contributed by atoms with van der Waals surface area (Å²) in [5.74, 6) is -0.776. The van der Waals surface area contributed by atoms with Crippen LogP contribution in [0.3, 0.4) is 0 Å². The first-order chi connectivity index (χ1) is 11.1. The number of ether oxygens (including phenoxy) is 1. The number of hydrogen-bond donors (Lipinski definition) is 0. The Morgan fingerprint density at radius 1 is 1.35 bits per heavy atom. The van der Waals surface area contributed by atoms with E-state index in [1.807, 2.05) is 24.3 Å². The summed E-state index contributed by atoms with van der Waals surface area (Å²) in [4.78, 5) is 27.1. The molecule has 1 atom stereocenters. The minimum absolute atomic E-state index is 0.219. The van der Waals surface area contributed by atoms with Crippen molar-refractivity contribution in [3.63, 3.8) is 0 Å². The molecule has 2 aromatic rings. The third kappa shape index (κ3) is 3.59. The maximum atomic E-state index is 12.5. The molecule has 6 heteroatoms. The van der Waals surface area contributed by atoms with Crippen LogP contribution in [0.2, 0.25) is 0 Å². The standard InChI is InChI=1S/C17H17NO4S/c1-12-6-8-18(14-4-2-3-5-15(14)23-12)16(19)11-22-17(20)13-7-9-21-10-13/h2-5,7,9-10,12H,6,8,11H2,1H3/t12-/m1/s1. The second kappa shape index (κ2) is 6.91. The molecule has 1 amide bonds. The number of furan rings is 1. The molecular formula is C17H17NO4S. The molecule has 0 bridgehead atoms. The molecule has 0 saturated heterocycles. The molecule has 120 valence electrons. The maximum absolute atomic E-state index is 12.5. The van der Waals surface area contributed by atoms with Crippen LogP contribution in [0.4, 0.5) is 5.69 Å². The fourth-order valence-electron chi connectivity index (χ4n) is 2.42. The predicted molar refractivity (Wildman–Crippen MR) is 87.7 cm³/mol. The van der Waals surface area contributed by atoms with E-state index in [9.17, 15) is 9.59 Å². The van der Waals surface area contributed by atoms with Crippen LogP contribution in [0.15, 0.2) is 52.2 Å². The SMILES string of the molecule is C[C@@H]1CCN(C(=O)COC(=O)c2ccoc2)c2ccccc2S1. The van der Waals surface area contributed by atoms with Crippen LogP contribution >= 0.6 is 11.8 Å². The van der Waals surface area contributed by atoms with Crippen molar-refractivity contribution < 1.29 is 18.7 Å². The van der Waals surface area contributed by atoms with Gasteiger partial charge in [0.1, 0.15) is 6.26 Å². The molecule has 2 heterocycles. The fourth-order valence-corrected chi connectivity index (χ4v) is 3.53. The maximum Gasteiger partial charge on any atom is 0.341 e. The Hall–Kier alpha value is -2.21. The zero-order valence-corrected chi connectivity index (χ0v) is 13.5. The normalized spacial score (nSPS) is 17.3. The van der Waals surface area contributed by atoms with Crippen LogP contribution in [0.5, 0.6) is 0 Å². The highest BCUT2D eigenvalue weighted by Crippen LogP contribution is 2.37. The molecule has 0 fully saturated rings. The molecule has 0 N–H and O–H groups in total. The van der Waals surface area contributed by atoms with Gasteiger partial charge in [-0.2, -0.15) is 0 Å². The average molecular weight is 331 g/mol. The second-order valence-electron chi connectivity index (χ2n) is 5.32. The Morgan fingerprint density at radius 3 is 2.96 bits per heavy atom. The Kier molecular flexibility index (Phi) is 4.71. The highest BCUT2D eigenvalue weighted by molar-refractivity contribution is 8.00. The number of para-hydroxylation sites is 1. The smallest absolute Gasteiger partial charge is 0.341 e. The van der Waals surface area contributed by atoms with Crippen LogP contribution in [-0.4, -0.2) is 30.3 Å². The lowest BCUT2D eigenvalue weighted by molar-refractivity contribution is -0.121. The summed E-state index contributed by atoms with van der Waals surface area (Å²) < 4.78 is 9.92. The van der Waals surface area contributed by atoms with Crippen molar-refractivity contribution in [1.82, 2.24) is 0 Å². The number of esters is 1. The summed E-state index contributed by atoms with van der Waals surface area (Å²) in [5.41, 5.74) is 1.18. The molecule has 0 aliphatic carbocycles. The molecule has 23 heavy (non-hydrogen) atoms. The van der Waals surface area contributed by atoms with Gasteiger partial charge in [-0.15, -0.1) is 11.8 Å². The van der Waals surface area contributed by atoms with Crippen molar-refractivity contribution in [2.75, 3.05) is 18.1 Å². The minimum atomic E-state index is -0.557. The van der Waals surface area contributed by atoms with Crippen molar-refractivity contribution in [3.05, 3.63) is 48.4 Å². The zero-order valence-electron chi connectivity index (χ0n) is 12.7. The van der Waals surface area contributed by atoms with Gasteiger partial charge in [-0.25, -0.2) is 4.79 Å². The van der Waals surface area contributed by atoms with E-state index in [4.69, 9.17) is 9.15 Å². The van der Waals surface area contributed by atoms with Gasteiger partial charge in [-0.1, -0.05) is 19.1 Å². The van der Waals surface area contributed by atoms with E-state index in [0.29, 0.717) is 17.4 Å². The minimum Gasteiger partial charge on any atom is -0.472 e. The number of carbonyl (C=O) groups excluding carboxylic acids is 2. The number of nitrogens with zero attached hydrogens (tertiary/aromatic N) is 1. The molecule has 0 spiro atoms. The van der Waals surface area contributed by atoms with Crippen molar-refractivity contribution in [2.45, 2.75) is 23.5 Å². The number of amides is 1. The van der Waals surface area contributed by atoms with Gasteiger partial charge in [0.25, 0.3) is 5.91 Å². The van der Waals surface area contributed by atoms with Crippen LogP contribution < -0.4 is 4.90 Å². The number of thioether (sulfide) groups is 1. The first kappa shape index (κ1) is 15.7. The Bertz CT molecular complexity index is 698. The van der Waals surface area contributed by atoms with Crippen molar-refractivity contribution in [3.8, 4) is 0 Å². The number of benzene rings is 1. The lowest BCUT2D eigenvalue weighted by Crippen LogP contribution is -2.35. The Labute approximate surface area is 138 Å². The summed E-state index contributed by atoms with van der Waals surface area (Å²) in [6.45, 7) is 2.49. The third-order valence-corrected chi connectivity index (χ3v) is 4.87. The van der Waals surface area contributed by atoms with Crippen LogP contribution in [-0.2, 0) is 9.53 Å². The summed E-state index contributed by atoms with van der Waals surface area (Å²) >= 11 is 1.76. The van der Waals surface area contributed by atoms with E-state index in [0.717, 1.165) is 17.0 Å². The molecular weight excluding hydrogens is 314 g/mol. The van der Waals surface area contributed by atoms with Crippen LogP contribution in [0.1, 0.15) is 23.7 Å². The lowest BCUT2D eigenvalue weighted by atomic mass is 10.2. The van der Waals surface area contributed by atoms with Crippen molar-refractivity contribution in [2.24, 2.45) is 0 Å². The van der Waals surface area contributed by atoms with E-state index in [2.05, 4.69) is 6.92 Å². The fraction of sp³-hybridized carbons (Fsp3) is 0.294. The number of carbonyl (C=O) groups is 2. The van der Waals surface area contributed by atoms with Crippen molar-refractivity contribution in [1.29, 1.82) is 0 Å². The third-order valence-electron chi connectivity index (χ3n) is 3.63. The van der Waals surface area contributed by atoms with Crippen LogP contribution in [0, 0.1) is 0 Å². The number of rotatable bonds is 3. The van der Waals surface area contributed by atoms with E-state index >= 15 is 0 Å². The zero-order chi connectivity index (χ0) is 16.2. The van der Waals surface area contributed by atoms with Gasteiger partial charge in [-0.05, 0) is 24.6 Å². The molecule has 3 rings (SSSR count). The van der Waals surface area contributed by atoms with Crippen LogP contribution in [0.25, 0.3) is 0 Å². The van der Waals surface area contributed by atoms with Gasteiger partial charge in [0.05, 0.1) is 17.5 Å². The highest BCUT2D eigenvalue weighted by atomic mass is 32.2. The predicted octanol–water partition coefficient (Wildman–Crippen LogP) is 3.35. The summed E-state index contributed by atoms with van der Waals surface area (Å²) in [5, 5.41) is 0.433. The van der Waals surface area contributed by atoms with Gasteiger partial charge in [0, 0.05) is 16.7 Å². The number of hydrogen-bond acceptors (Lipinski definition) is 5. The van der Waals surface area contributed by atoms with E-state index in [1.54, 1.807) is 16.7 Å². The van der Waals surface area contributed by atoms with Gasteiger partial charge in [0.2, 0.25) is 0 Å². The Morgan fingerprint density at radius 2 is 2.17 bits per heavy atom. The summed E-state index contributed by atoms with van der Waals surface area (Å²) in [6.07, 6.45) is 3.58. The topological polar surface area (TPSA) is 59.8 Å². The van der Waals surface area contributed by atoms with E-state index in [1.165, 1.54) is 18.6 Å². The van der Waals surface area contributed by atoms with Crippen molar-refractivity contribution >= 4 is 29.3 Å². The molecule has 0 unspecified atom stereocenters. The molecule has 0 saturated carbocycles. The molecule has 1 aromatic heterocycles. The first-order valence-electron chi connectivity index (χ1n) is 7.40. The number of fused-ring (bicyclic) bond motifs is 1. The van der Waals surface area contributed by atoms with E-state index < -0.39 is 5.97 Å². The van der Waals surface area contributed by atoms with Gasteiger partial charge >= 0.3 is 5.97 Å². The number of anilines is 1. The summed E-state index contributed by atoms with van der Waals surface area (Å²) in [6, 6.07) is 9.32. The monoisotopic (exact) mass is 331 g/mol. The van der Waals surface area contributed by atoms with E-state index in [-0.39, 0.29) is 12.5 Å². The molecule has 1 aromatic carbocycles. The highest BCUT2D eigenvalue weighted by Gasteiger charge is 2.25. The molecule has 1 aliphatic rings. The Balaban J connectivity index is 1.70. The van der Waals surface area contributed by atoms with Gasteiger partial charge < -0.3 is 14.1 Å². The first-order valence-corrected chi connectivity index (χ1v) is 8.28. The van der Waals surface area contributed by atoms with Gasteiger partial charge in [-0.3, -0.25) is 4.79 Å². The second-order valence-corrected chi connectivity index (χ2v) is 6.80. The van der Waals surface area contributed by atoms with Gasteiger partial charge in [0.15, 0.2) is 6.61 Å². The average Bonchev–Trinajstić information content (AvgIpc) is 3.03.